The second-order valence-corrected chi connectivity index (χ2v) is 7.35. The Morgan fingerprint density at radius 1 is 0.875 bits per heavy atom. The van der Waals surface area contributed by atoms with Crippen molar-refractivity contribution in [2.24, 2.45) is 0 Å². The van der Waals surface area contributed by atoms with Crippen molar-refractivity contribution < 1.29 is 27.5 Å². The fraction of sp³-hybridized carbons (Fsp3) is 0.167. The monoisotopic (exact) mass is 440 g/mol. The third-order valence-corrected chi connectivity index (χ3v) is 5.19. The summed E-state index contributed by atoms with van der Waals surface area (Å²) in [5.74, 6) is -1.08. The van der Waals surface area contributed by atoms with Crippen LogP contribution < -0.4 is 10.1 Å². The van der Waals surface area contributed by atoms with Gasteiger partial charge in [0, 0.05) is 24.2 Å². The lowest BCUT2D eigenvalue weighted by molar-refractivity contribution is -0.274. The molecule has 1 atom stereocenters. The number of rotatable bonds is 4. The Bertz CT molecular complexity index is 1120. The molecule has 0 radical (unpaired) electrons. The average Bonchev–Trinajstić information content (AvgIpc) is 2.78. The van der Waals surface area contributed by atoms with E-state index in [9.17, 15) is 22.8 Å². The van der Waals surface area contributed by atoms with Gasteiger partial charge < -0.3 is 15.0 Å². The zero-order valence-corrected chi connectivity index (χ0v) is 16.8. The first kappa shape index (κ1) is 21.4. The molecule has 0 aliphatic carbocycles. The van der Waals surface area contributed by atoms with Gasteiger partial charge in [0.15, 0.2) is 0 Å². The summed E-state index contributed by atoms with van der Waals surface area (Å²) in [6.45, 7) is 0.278. The molecule has 0 aromatic heterocycles. The van der Waals surface area contributed by atoms with Gasteiger partial charge >= 0.3 is 6.36 Å². The molecule has 1 heterocycles. The average molecular weight is 440 g/mol. The summed E-state index contributed by atoms with van der Waals surface area (Å²) in [4.78, 5) is 27.8. The molecule has 3 aromatic carbocycles. The number of nitrogens with zero attached hydrogens (tertiary/aromatic N) is 1. The molecule has 1 aliphatic heterocycles. The molecule has 0 bridgehead atoms. The van der Waals surface area contributed by atoms with Crippen LogP contribution in [-0.2, 0) is 17.8 Å². The summed E-state index contributed by atoms with van der Waals surface area (Å²) in [5, 5.41) is 2.70. The molecular weight excluding hydrogens is 421 g/mol. The van der Waals surface area contributed by atoms with Crippen LogP contribution in [0.4, 0.5) is 18.9 Å². The van der Waals surface area contributed by atoms with Gasteiger partial charge in [0.25, 0.3) is 5.91 Å². The third-order valence-electron chi connectivity index (χ3n) is 5.19. The highest BCUT2D eigenvalue weighted by atomic mass is 19.4. The highest BCUT2D eigenvalue weighted by Crippen LogP contribution is 2.27. The van der Waals surface area contributed by atoms with Crippen LogP contribution >= 0.6 is 0 Å². The van der Waals surface area contributed by atoms with Crippen molar-refractivity contribution in [3.8, 4) is 5.75 Å². The van der Waals surface area contributed by atoms with Crippen molar-refractivity contribution in [1.82, 2.24) is 4.90 Å². The Morgan fingerprint density at radius 2 is 1.50 bits per heavy atom. The van der Waals surface area contributed by atoms with Gasteiger partial charge in [-0.3, -0.25) is 9.59 Å². The second kappa shape index (κ2) is 8.74. The summed E-state index contributed by atoms with van der Waals surface area (Å²) in [5.41, 5.74) is 2.71. The first-order chi connectivity index (χ1) is 15.3. The Labute approximate surface area is 182 Å². The predicted octanol–water partition coefficient (Wildman–Crippen LogP) is 4.79. The van der Waals surface area contributed by atoms with Crippen LogP contribution in [0.2, 0.25) is 0 Å². The van der Waals surface area contributed by atoms with E-state index >= 15 is 0 Å². The molecule has 5 nitrogen and oxygen atoms in total. The van der Waals surface area contributed by atoms with Crippen LogP contribution in [0.15, 0.2) is 78.9 Å². The number of benzene rings is 3. The van der Waals surface area contributed by atoms with Crippen LogP contribution in [0.3, 0.4) is 0 Å². The summed E-state index contributed by atoms with van der Waals surface area (Å²) in [7, 11) is 0. The molecule has 0 spiro atoms. The summed E-state index contributed by atoms with van der Waals surface area (Å²) >= 11 is 0. The highest BCUT2D eigenvalue weighted by molar-refractivity contribution is 6.01. The number of halogens is 3. The lowest BCUT2D eigenvalue weighted by atomic mass is 9.92. The Balaban J connectivity index is 1.56. The molecule has 1 unspecified atom stereocenters. The zero-order valence-electron chi connectivity index (χ0n) is 16.8. The largest absolute Gasteiger partial charge is 0.573 e. The molecule has 2 amide bonds. The maximum Gasteiger partial charge on any atom is 0.573 e. The van der Waals surface area contributed by atoms with E-state index < -0.39 is 18.3 Å². The fourth-order valence-corrected chi connectivity index (χ4v) is 3.68. The van der Waals surface area contributed by atoms with Crippen LogP contribution in [0.25, 0.3) is 0 Å². The Morgan fingerprint density at radius 3 is 2.16 bits per heavy atom. The molecule has 0 saturated heterocycles. The molecule has 0 fully saturated rings. The number of carbonyl (C=O) groups excluding carboxylic acids is 2. The quantitative estimate of drug-likeness (QED) is 0.635. The third kappa shape index (κ3) is 4.91. The van der Waals surface area contributed by atoms with Crippen LogP contribution in [0.1, 0.15) is 21.5 Å². The van der Waals surface area contributed by atoms with E-state index in [1.54, 1.807) is 30.3 Å². The maximum absolute atomic E-state index is 13.2. The second-order valence-electron chi connectivity index (χ2n) is 7.35. The van der Waals surface area contributed by atoms with Gasteiger partial charge in [-0.2, -0.15) is 0 Å². The lowest BCUT2D eigenvalue weighted by Gasteiger charge is -2.36. The molecule has 1 N–H and O–H groups in total. The van der Waals surface area contributed by atoms with E-state index in [0.717, 1.165) is 23.3 Å². The Kier molecular flexibility index (Phi) is 5.85. The predicted molar refractivity (Wildman–Crippen MR) is 112 cm³/mol. The number of carbonyl (C=O) groups is 2. The summed E-state index contributed by atoms with van der Waals surface area (Å²) in [6, 6.07) is 20.4. The molecule has 32 heavy (non-hydrogen) atoms. The number of hydrogen-bond acceptors (Lipinski definition) is 3. The molecule has 4 rings (SSSR count). The minimum absolute atomic E-state index is 0.269. The molecular formula is C24H19F3N2O3. The van der Waals surface area contributed by atoms with Crippen LogP contribution in [0.5, 0.6) is 5.75 Å². The SMILES string of the molecule is O=C(Nc1ccc(OC(F)(F)F)cc1)C1Cc2ccccc2CN1C(=O)c1ccccc1. The van der Waals surface area contributed by atoms with E-state index in [1.807, 2.05) is 24.3 Å². The first-order valence-electron chi connectivity index (χ1n) is 9.89. The molecule has 0 saturated carbocycles. The van der Waals surface area contributed by atoms with Crippen molar-refractivity contribution in [2.75, 3.05) is 5.32 Å². The van der Waals surface area contributed by atoms with Gasteiger partial charge in [0.1, 0.15) is 11.8 Å². The highest BCUT2D eigenvalue weighted by Gasteiger charge is 2.35. The number of alkyl halides is 3. The van der Waals surface area contributed by atoms with Crippen molar-refractivity contribution in [2.45, 2.75) is 25.4 Å². The van der Waals surface area contributed by atoms with E-state index in [1.165, 1.54) is 17.0 Å². The van der Waals surface area contributed by atoms with Crippen molar-refractivity contribution >= 4 is 17.5 Å². The smallest absolute Gasteiger partial charge is 0.406 e. The van der Waals surface area contributed by atoms with Gasteiger partial charge in [-0.15, -0.1) is 13.2 Å². The molecule has 8 heteroatoms. The van der Waals surface area contributed by atoms with E-state index in [4.69, 9.17) is 0 Å². The number of anilines is 1. The van der Waals surface area contributed by atoms with E-state index in [-0.39, 0.29) is 18.2 Å². The lowest BCUT2D eigenvalue weighted by Crippen LogP contribution is -2.50. The number of ether oxygens (including phenoxy) is 1. The van der Waals surface area contributed by atoms with Gasteiger partial charge in [0.05, 0.1) is 0 Å². The van der Waals surface area contributed by atoms with E-state index in [2.05, 4.69) is 10.1 Å². The minimum atomic E-state index is -4.79. The minimum Gasteiger partial charge on any atom is -0.406 e. The van der Waals surface area contributed by atoms with Crippen molar-refractivity contribution in [1.29, 1.82) is 0 Å². The number of amides is 2. The van der Waals surface area contributed by atoms with Gasteiger partial charge in [-0.1, -0.05) is 42.5 Å². The maximum atomic E-state index is 13.2. The fourth-order valence-electron chi connectivity index (χ4n) is 3.68. The van der Waals surface area contributed by atoms with Crippen molar-refractivity contribution in [3.05, 3.63) is 95.6 Å². The Hall–Kier alpha value is -3.81. The standard InChI is InChI=1S/C24H19F3N2O3/c25-24(26,27)32-20-12-10-19(11-13-20)28-22(30)21-14-17-8-4-5-9-18(17)15-29(21)23(31)16-6-2-1-3-7-16/h1-13,21H,14-15H2,(H,28,30). The number of hydrogen-bond donors (Lipinski definition) is 1. The number of fused-ring (bicyclic) bond motifs is 1. The van der Waals surface area contributed by atoms with Crippen molar-refractivity contribution in [3.63, 3.8) is 0 Å². The van der Waals surface area contributed by atoms with Crippen LogP contribution in [0, 0.1) is 0 Å². The van der Waals surface area contributed by atoms with Gasteiger partial charge in [0.2, 0.25) is 5.91 Å². The zero-order chi connectivity index (χ0) is 22.7. The van der Waals surface area contributed by atoms with Crippen LogP contribution in [-0.4, -0.2) is 29.1 Å². The van der Waals surface area contributed by atoms with Gasteiger partial charge in [-0.05, 0) is 47.5 Å². The molecule has 1 aliphatic rings. The topological polar surface area (TPSA) is 58.6 Å². The summed E-state index contributed by atoms with van der Waals surface area (Å²) in [6.07, 6.45) is -4.46. The number of nitrogens with one attached hydrogen (secondary N) is 1. The first-order valence-corrected chi connectivity index (χ1v) is 9.89. The summed E-state index contributed by atoms with van der Waals surface area (Å²) < 4.78 is 40.9. The normalized spacial score (nSPS) is 15.6. The van der Waals surface area contributed by atoms with E-state index in [0.29, 0.717) is 17.7 Å². The van der Waals surface area contributed by atoms with Gasteiger partial charge in [-0.25, -0.2) is 0 Å². The molecule has 3 aromatic rings. The molecule has 164 valence electrons.